The Kier molecular flexibility index (Phi) is 5.48. The van der Waals surface area contributed by atoms with Gasteiger partial charge in [0, 0.05) is 21.9 Å². The Labute approximate surface area is 264 Å². The number of nitrogens with zero attached hydrogens (tertiary/aromatic N) is 3. The second kappa shape index (κ2) is 9.53. The van der Waals surface area contributed by atoms with Crippen molar-refractivity contribution in [1.29, 1.82) is 0 Å². The molecule has 0 saturated heterocycles. The van der Waals surface area contributed by atoms with Crippen LogP contribution >= 0.6 is 0 Å². The molecule has 5 nitrogen and oxygen atoms in total. The zero-order chi connectivity index (χ0) is 31.2. The number of para-hydroxylation sites is 3. The van der Waals surface area contributed by atoms with Crippen molar-refractivity contribution in [1.82, 2.24) is 13.7 Å². The molecule has 0 saturated carbocycles. The van der Waals surface area contributed by atoms with Gasteiger partial charge in [0.2, 0.25) is 0 Å². The molecular weight excluding hydrogens is 566 g/mol. The lowest BCUT2D eigenvalue weighted by molar-refractivity contribution is 0.661. The summed E-state index contributed by atoms with van der Waals surface area (Å²) in [4.78, 5) is 28.3. The monoisotopic (exact) mass is 595 g/mol. The minimum Gasteiger partial charge on any atom is -0.309 e. The number of fused-ring (bicyclic) bond motifs is 7. The van der Waals surface area contributed by atoms with Crippen LogP contribution in [0.3, 0.4) is 0 Å². The molecule has 46 heavy (non-hydrogen) atoms. The number of benzene rings is 6. The van der Waals surface area contributed by atoms with Crippen LogP contribution in [0, 0.1) is 0 Å². The fourth-order valence-electron chi connectivity index (χ4n) is 7.53. The van der Waals surface area contributed by atoms with E-state index >= 15 is 0 Å². The Morgan fingerprint density at radius 3 is 1.83 bits per heavy atom. The molecular formula is C41H29N3O2. The summed E-state index contributed by atoms with van der Waals surface area (Å²) in [5.41, 5.74) is 9.11. The largest absolute Gasteiger partial charge is 0.340 e. The van der Waals surface area contributed by atoms with Crippen molar-refractivity contribution in [2.24, 2.45) is 0 Å². The van der Waals surface area contributed by atoms with Crippen LogP contribution in [0.2, 0.25) is 0 Å². The van der Waals surface area contributed by atoms with Crippen LogP contribution in [-0.2, 0) is 5.41 Å². The lowest BCUT2D eigenvalue weighted by Crippen LogP contribution is -2.38. The Balaban J connectivity index is 1.32. The molecule has 0 unspecified atom stereocenters. The molecule has 5 heteroatoms. The summed E-state index contributed by atoms with van der Waals surface area (Å²) >= 11 is 0. The quantitative estimate of drug-likeness (QED) is 0.206. The van der Waals surface area contributed by atoms with Crippen LogP contribution in [0.25, 0.3) is 60.9 Å². The Bertz CT molecular complexity index is 2660. The number of hydrogen-bond donors (Lipinski definition) is 0. The summed E-state index contributed by atoms with van der Waals surface area (Å²) in [6, 6.07) is 46.3. The van der Waals surface area contributed by atoms with Gasteiger partial charge in [-0.2, -0.15) is 0 Å². The first-order valence-corrected chi connectivity index (χ1v) is 15.5. The molecule has 1 aliphatic carbocycles. The van der Waals surface area contributed by atoms with Crippen molar-refractivity contribution in [3.63, 3.8) is 0 Å². The second-order valence-corrected chi connectivity index (χ2v) is 12.6. The molecule has 8 aromatic rings. The van der Waals surface area contributed by atoms with E-state index in [4.69, 9.17) is 0 Å². The minimum absolute atomic E-state index is 0.149. The molecule has 0 N–H and O–H groups in total. The van der Waals surface area contributed by atoms with Gasteiger partial charge in [-0.15, -0.1) is 0 Å². The van der Waals surface area contributed by atoms with Crippen LogP contribution in [0.5, 0.6) is 0 Å². The SMILES string of the molecule is CC1(C)c2ccccc2-c2cc3c4ccccc4n(-c4cccc(-n5c(=O)c6ccccc6n(-c6ccccc6)c5=O)c4)c3cc21. The van der Waals surface area contributed by atoms with E-state index in [-0.39, 0.29) is 11.0 Å². The first-order valence-electron chi connectivity index (χ1n) is 15.5. The molecule has 0 aliphatic heterocycles. The van der Waals surface area contributed by atoms with Crippen molar-refractivity contribution < 1.29 is 0 Å². The Morgan fingerprint density at radius 1 is 0.435 bits per heavy atom. The van der Waals surface area contributed by atoms with Gasteiger partial charge in [0.1, 0.15) is 0 Å². The van der Waals surface area contributed by atoms with Gasteiger partial charge in [-0.1, -0.05) is 92.7 Å². The third kappa shape index (κ3) is 3.57. The summed E-state index contributed by atoms with van der Waals surface area (Å²) in [6.07, 6.45) is 0. The van der Waals surface area contributed by atoms with Crippen LogP contribution < -0.4 is 11.2 Å². The average Bonchev–Trinajstić information content (AvgIpc) is 3.53. The van der Waals surface area contributed by atoms with Crippen LogP contribution in [0.4, 0.5) is 0 Å². The van der Waals surface area contributed by atoms with E-state index in [1.54, 1.807) is 10.6 Å². The van der Waals surface area contributed by atoms with Crippen LogP contribution in [0.15, 0.2) is 149 Å². The highest BCUT2D eigenvalue weighted by Gasteiger charge is 2.36. The maximum atomic E-state index is 14.3. The maximum absolute atomic E-state index is 14.3. The van der Waals surface area contributed by atoms with Gasteiger partial charge in [0.25, 0.3) is 5.56 Å². The molecule has 0 radical (unpaired) electrons. The smallest absolute Gasteiger partial charge is 0.309 e. The van der Waals surface area contributed by atoms with Crippen LogP contribution in [-0.4, -0.2) is 13.7 Å². The van der Waals surface area contributed by atoms with E-state index in [1.165, 1.54) is 32.2 Å². The van der Waals surface area contributed by atoms with Gasteiger partial charge < -0.3 is 4.57 Å². The van der Waals surface area contributed by atoms with Crippen molar-refractivity contribution in [3.8, 4) is 28.2 Å². The topological polar surface area (TPSA) is 48.9 Å². The van der Waals surface area contributed by atoms with E-state index < -0.39 is 5.69 Å². The summed E-state index contributed by atoms with van der Waals surface area (Å²) in [5.74, 6) is 0. The zero-order valence-corrected chi connectivity index (χ0v) is 25.4. The molecule has 220 valence electrons. The Hall–Kier alpha value is -5.94. The molecule has 6 aromatic carbocycles. The molecule has 9 rings (SSSR count). The highest BCUT2D eigenvalue weighted by Crippen LogP contribution is 2.50. The average molecular weight is 596 g/mol. The molecule has 0 spiro atoms. The van der Waals surface area contributed by atoms with E-state index in [1.807, 2.05) is 72.8 Å². The number of aromatic nitrogens is 3. The first kappa shape index (κ1) is 26.5. The zero-order valence-electron chi connectivity index (χ0n) is 25.4. The van der Waals surface area contributed by atoms with E-state index in [0.717, 1.165) is 22.1 Å². The van der Waals surface area contributed by atoms with E-state index in [0.29, 0.717) is 22.3 Å². The minimum atomic E-state index is -0.411. The molecule has 2 heterocycles. The van der Waals surface area contributed by atoms with Gasteiger partial charge in [-0.3, -0.25) is 9.36 Å². The van der Waals surface area contributed by atoms with Crippen molar-refractivity contribution in [2.75, 3.05) is 0 Å². The first-order chi connectivity index (χ1) is 22.4. The van der Waals surface area contributed by atoms with Crippen LogP contribution in [0.1, 0.15) is 25.0 Å². The summed E-state index contributed by atoms with van der Waals surface area (Å²) in [6.45, 7) is 4.59. The Morgan fingerprint density at radius 2 is 1.04 bits per heavy atom. The maximum Gasteiger partial charge on any atom is 0.340 e. The van der Waals surface area contributed by atoms with Crippen molar-refractivity contribution >= 4 is 32.7 Å². The van der Waals surface area contributed by atoms with Crippen molar-refractivity contribution in [3.05, 3.63) is 171 Å². The molecule has 0 fully saturated rings. The van der Waals surface area contributed by atoms with Gasteiger partial charge in [-0.25, -0.2) is 9.36 Å². The summed E-state index contributed by atoms with van der Waals surface area (Å²) in [5, 5.41) is 2.80. The second-order valence-electron chi connectivity index (χ2n) is 12.6. The normalized spacial score (nSPS) is 13.3. The lowest BCUT2D eigenvalue weighted by Gasteiger charge is -2.21. The highest BCUT2D eigenvalue weighted by atomic mass is 16.2. The fraction of sp³-hybridized carbons (Fsp3) is 0.0732. The molecule has 2 aromatic heterocycles. The van der Waals surface area contributed by atoms with Gasteiger partial charge in [-0.05, 0) is 82.9 Å². The van der Waals surface area contributed by atoms with Gasteiger partial charge in [0.05, 0.1) is 33.3 Å². The fourth-order valence-corrected chi connectivity index (χ4v) is 7.53. The number of hydrogen-bond acceptors (Lipinski definition) is 2. The molecule has 0 atom stereocenters. The molecule has 1 aliphatic rings. The third-order valence-corrected chi connectivity index (χ3v) is 9.70. The van der Waals surface area contributed by atoms with Crippen molar-refractivity contribution in [2.45, 2.75) is 19.3 Å². The highest BCUT2D eigenvalue weighted by molar-refractivity contribution is 6.11. The lowest BCUT2D eigenvalue weighted by atomic mass is 9.82. The number of rotatable bonds is 3. The van der Waals surface area contributed by atoms with E-state index in [9.17, 15) is 9.59 Å². The summed E-state index contributed by atoms with van der Waals surface area (Å²) in [7, 11) is 0. The van der Waals surface area contributed by atoms with E-state index in [2.05, 4.69) is 79.1 Å². The van der Waals surface area contributed by atoms with Gasteiger partial charge >= 0.3 is 5.69 Å². The molecule has 0 bridgehead atoms. The summed E-state index contributed by atoms with van der Waals surface area (Å²) < 4.78 is 5.17. The standard InChI is InChI=1S/C41H29N3O2/c1-41(2)34-20-9-6-17-29(34)32-24-33-30-18-7-10-21-36(30)42(38(33)25-35(32)41)27-15-12-16-28(23-27)44-39(45)31-19-8-11-22-37(31)43(40(44)46)26-13-4-3-5-14-26/h3-25H,1-2H3. The third-order valence-electron chi connectivity index (χ3n) is 9.70. The van der Waals surface area contributed by atoms with Gasteiger partial charge in [0.15, 0.2) is 0 Å². The predicted octanol–water partition coefficient (Wildman–Crippen LogP) is 8.55. The molecule has 0 amide bonds. The predicted molar refractivity (Wildman–Crippen MR) is 187 cm³/mol.